The van der Waals surface area contributed by atoms with Gasteiger partial charge in [-0.1, -0.05) is 18.2 Å². The number of hydrogen-bond acceptors (Lipinski definition) is 4. The number of carbonyl (C=O) groups is 1. The molecule has 0 radical (unpaired) electrons. The molecule has 1 amide bonds. The molecule has 2 N–H and O–H groups in total. The maximum atomic E-state index is 12.4. The number of nitrogens with zero attached hydrogens (tertiary/aromatic N) is 1. The minimum absolute atomic E-state index is 0.113. The fraction of sp³-hybridized carbons (Fsp3) is 0.500. The third-order valence-electron chi connectivity index (χ3n) is 4.51. The smallest absolute Gasteiger partial charge is 0.287 e. The third kappa shape index (κ3) is 3.57. The maximum Gasteiger partial charge on any atom is 0.287 e. The Morgan fingerprint density at radius 3 is 2.83 bits per heavy atom. The van der Waals surface area contributed by atoms with E-state index in [0.29, 0.717) is 12.3 Å². The number of piperazine rings is 1. The lowest BCUT2D eigenvalue weighted by molar-refractivity contribution is 0.0925. The molecule has 2 aromatic rings. The Kier molecular flexibility index (Phi) is 4.98. The molecule has 0 unspecified atom stereocenters. The van der Waals surface area contributed by atoms with Gasteiger partial charge in [0.05, 0.1) is 0 Å². The standard InChI is InChI=1S/C18H25N3O2/c1-13-5-3-6-15-14(2)17(23-16(13)15)18(22)20-7-4-10-21-11-8-19-9-12-21/h3,5-6,19H,4,7-12H2,1-2H3,(H,20,22). The van der Waals surface area contributed by atoms with E-state index in [0.717, 1.165) is 61.2 Å². The fourth-order valence-corrected chi connectivity index (χ4v) is 3.12. The van der Waals surface area contributed by atoms with Crippen molar-refractivity contribution in [3.05, 3.63) is 35.1 Å². The quantitative estimate of drug-likeness (QED) is 0.830. The molecule has 2 heterocycles. The van der Waals surface area contributed by atoms with Crippen molar-refractivity contribution in [2.75, 3.05) is 39.3 Å². The van der Waals surface area contributed by atoms with Crippen LogP contribution in [-0.2, 0) is 0 Å². The molecule has 0 spiro atoms. The van der Waals surface area contributed by atoms with E-state index in [-0.39, 0.29) is 5.91 Å². The monoisotopic (exact) mass is 315 g/mol. The first-order valence-electron chi connectivity index (χ1n) is 8.37. The molecule has 1 saturated heterocycles. The molecule has 0 bridgehead atoms. The van der Waals surface area contributed by atoms with Gasteiger partial charge in [-0.25, -0.2) is 0 Å². The number of benzene rings is 1. The van der Waals surface area contributed by atoms with Gasteiger partial charge >= 0.3 is 0 Å². The lowest BCUT2D eigenvalue weighted by atomic mass is 10.1. The van der Waals surface area contributed by atoms with Gasteiger partial charge in [-0.2, -0.15) is 0 Å². The summed E-state index contributed by atoms with van der Waals surface area (Å²) in [6.07, 6.45) is 0.962. The normalized spacial score (nSPS) is 15.9. The van der Waals surface area contributed by atoms with Crippen LogP contribution in [0.25, 0.3) is 11.0 Å². The molecular formula is C18H25N3O2. The van der Waals surface area contributed by atoms with E-state index in [4.69, 9.17) is 4.42 Å². The van der Waals surface area contributed by atoms with Gasteiger partial charge in [0.1, 0.15) is 5.58 Å². The van der Waals surface area contributed by atoms with Gasteiger partial charge in [-0.15, -0.1) is 0 Å². The molecule has 1 aliphatic heterocycles. The summed E-state index contributed by atoms with van der Waals surface area (Å²) in [4.78, 5) is 14.8. The fourth-order valence-electron chi connectivity index (χ4n) is 3.12. The number of nitrogens with one attached hydrogen (secondary N) is 2. The molecule has 0 saturated carbocycles. The van der Waals surface area contributed by atoms with Crippen molar-refractivity contribution in [3.63, 3.8) is 0 Å². The van der Waals surface area contributed by atoms with Crippen LogP contribution in [0.4, 0.5) is 0 Å². The Morgan fingerprint density at radius 1 is 1.30 bits per heavy atom. The summed E-state index contributed by atoms with van der Waals surface area (Å²) in [5.74, 6) is 0.329. The topological polar surface area (TPSA) is 57.5 Å². The lowest BCUT2D eigenvalue weighted by Crippen LogP contribution is -2.44. The summed E-state index contributed by atoms with van der Waals surface area (Å²) < 4.78 is 5.81. The first-order chi connectivity index (χ1) is 11.2. The van der Waals surface area contributed by atoms with Crippen LogP contribution in [0.15, 0.2) is 22.6 Å². The molecule has 5 heteroatoms. The highest BCUT2D eigenvalue weighted by atomic mass is 16.3. The van der Waals surface area contributed by atoms with Crippen LogP contribution in [0.5, 0.6) is 0 Å². The van der Waals surface area contributed by atoms with Crippen molar-refractivity contribution < 1.29 is 9.21 Å². The minimum Gasteiger partial charge on any atom is -0.450 e. The zero-order valence-corrected chi connectivity index (χ0v) is 13.9. The predicted octanol–water partition coefficient (Wildman–Crippen LogP) is 2.07. The van der Waals surface area contributed by atoms with E-state index in [1.54, 1.807) is 0 Å². The van der Waals surface area contributed by atoms with Crippen LogP contribution in [0.2, 0.25) is 0 Å². The summed E-state index contributed by atoms with van der Waals surface area (Å²) in [6, 6.07) is 6.00. The van der Waals surface area contributed by atoms with Crippen LogP contribution in [0.3, 0.4) is 0 Å². The lowest BCUT2D eigenvalue weighted by Gasteiger charge is -2.26. The largest absolute Gasteiger partial charge is 0.450 e. The number of carbonyl (C=O) groups excluding carboxylic acids is 1. The van der Waals surface area contributed by atoms with E-state index in [1.165, 1.54) is 0 Å². The molecular weight excluding hydrogens is 290 g/mol. The van der Waals surface area contributed by atoms with Crippen LogP contribution < -0.4 is 10.6 Å². The van der Waals surface area contributed by atoms with Gasteiger partial charge in [-0.3, -0.25) is 4.79 Å². The summed E-state index contributed by atoms with van der Waals surface area (Å²) in [5, 5.41) is 7.35. The summed E-state index contributed by atoms with van der Waals surface area (Å²) >= 11 is 0. The molecule has 0 atom stereocenters. The Morgan fingerprint density at radius 2 is 2.09 bits per heavy atom. The number of fused-ring (bicyclic) bond motifs is 1. The van der Waals surface area contributed by atoms with Crippen LogP contribution in [-0.4, -0.2) is 50.1 Å². The van der Waals surface area contributed by atoms with Crippen molar-refractivity contribution in [1.82, 2.24) is 15.5 Å². The molecule has 1 fully saturated rings. The average Bonchev–Trinajstić information content (AvgIpc) is 2.91. The molecule has 23 heavy (non-hydrogen) atoms. The second-order valence-electron chi connectivity index (χ2n) is 6.21. The van der Waals surface area contributed by atoms with E-state index in [9.17, 15) is 4.79 Å². The molecule has 1 aromatic carbocycles. The van der Waals surface area contributed by atoms with Crippen molar-refractivity contribution >= 4 is 16.9 Å². The number of hydrogen-bond donors (Lipinski definition) is 2. The Hall–Kier alpha value is -1.85. The first kappa shape index (κ1) is 16.0. The van der Waals surface area contributed by atoms with Crippen molar-refractivity contribution in [1.29, 1.82) is 0 Å². The van der Waals surface area contributed by atoms with Gasteiger partial charge in [0, 0.05) is 43.7 Å². The highest BCUT2D eigenvalue weighted by Crippen LogP contribution is 2.27. The van der Waals surface area contributed by atoms with Crippen LogP contribution >= 0.6 is 0 Å². The first-order valence-corrected chi connectivity index (χ1v) is 8.37. The van der Waals surface area contributed by atoms with Crippen molar-refractivity contribution in [2.24, 2.45) is 0 Å². The molecule has 1 aromatic heterocycles. The number of rotatable bonds is 5. The Balaban J connectivity index is 1.56. The third-order valence-corrected chi connectivity index (χ3v) is 4.51. The van der Waals surface area contributed by atoms with E-state index in [1.807, 2.05) is 32.0 Å². The zero-order valence-electron chi connectivity index (χ0n) is 13.9. The second-order valence-corrected chi connectivity index (χ2v) is 6.21. The summed E-state index contributed by atoms with van der Waals surface area (Å²) in [7, 11) is 0. The van der Waals surface area contributed by atoms with Crippen LogP contribution in [0, 0.1) is 13.8 Å². The van der Waals surface area contributed by atoms with Crippen molar-refractivity contribution in [2.45, 2.75) is 20.3 Å². The summed E-state index contributed by atoms with van der Waals surface area (Å²) in [5.41, 5.74) is 2.79. The zero-order chi connectivity index (χ0) is 16.2. The van der Waals surface area contributed by atoms with Gasteiger partial charge < -0.3 is 20.0 Å². The Labute approximate surface area is 137 Å². The number of amides is 1. The van der Waals surface area contributed by atoms with Crippen LogP contribution in [0.1, 0.15) is 28.1 Å². The molecule has 1 aliphatic rings. The van der Waals surface area contributed by atoms with Gasteiger partial charge in [0.25, 0.3) is 5.91 Å². The van der Waals surface area contributed by atoms with Gasteiger partial charge in [0.15, 0.2) is 5.76 Å². The maximum absolute atomic E-state index is 12.4. The van der Waals surface area contributed by atoms with Gasteiger partial charge in [0.2, 0.25) is 0 Å². The highest BCUT2D eigenvalue weighted by molar-refractivity contribution is 5.99. The molecule has 5 nitrogen and oxygen atoms in total. The number of furan rings is 1. The average molecular weight is 315 g/mol. The number of para-hydroxylation sites is 1. The van der Waals surface area contributed by atoms with Gasteiger partial charge in [-0.05, 0) is 32.4 Å². The van der Waals surface area contributed by atoms with E-state index in [2.05, 4.69) is 15.5 Å². The van der Waals surface area contributed by atoms with E-state index >= 15 is 0 Å². The Bertz CT molecular complexity index is 687. The molecule has 124 valence electrons. The molecule has 3 rings (SSSR count). The predicted molar refractivity (Wildman–Crippen MR) is 91.9 cm³/mol. The SMILES string of the molecule is Cc1c(C(=O)NCCCN2CCNCC2)oc2c(C)cccc12. The molecule has 0 aliphatic carbocycles. The number of aryl methyl sites for hydroxylation is 2. The minimum atomic E-state index is -0.113. The van der Waals surface area contributed by atoms with Crippen molar-refractivity contribution in [3.8, 4) is 0 Å². The van der Waals surface area contributed by atoms with E-state index < -0.39 is 0 Å². The summed E-state index contributed by atoms with van der Waals surface area (Å²) in [6.45, 7) is 9.96. The second kappa shape index (κ2) is 7.15. The highest BCUT2D eigenvalue weighted by Gasteiger charge is 2.18.